The summed E-state index contributed by atoms with van der Waals surface area (Å²) in [6.07, 6.45) is 1.28. The fraction of sp³-hybridized carbons (Fsp3) is 0.400. The second-order valence-electron chi connectivity index (χ2n) is 4.24. The number of aliphatic hydroxyl groups is 1. The van der Waals surface area contributed by atoms with E-state index in [-0.39, 0.29) is 13.2 Å². The molecular weight excluding hydrogens is 371 g/mol. The number of carbonyl (C=O) groups excluding carboxylic acids is 1. The molecule has 0 fully saturated rings. The van der Waals surface area contributed by atoms with E-state index >= 15 is 0 Å². The van der Waals surface area contributed by atoms with Crippen LogP contribution in [-0.2, 0) is 9.53 Å². The second-order valence-corrected chi connectivity index (χ2v) is 5.75. The third-order valence-corrected chi connectivity index (χ3v) is 4.23. The standard InChI is InChI=1S/C15H19IO4/c1-3-14(16)11-5-7-13(8-6-11)19-9-12(17)10-20-15(18)4-2/h4-8,12,14,17H,2-3,9-10H2,1H3. The molecule has 0 aliphatic heterocycles. The summed E-state index contributed by atoms with van der Waals surface area (Å²) >= 11 is 2.40. The number of halogens is 1. The van der Waals surface area contributed by atoms with Crippen molar-refractivity contribution in [2.45, 2.75) is 23.4 Å². The number of hydrogen-bond acceptors (Lipinski definition) is 4. The van der Waals surface area contributed by atoms with E-state index in [4.69, 9.17) is 9.47 Å². The highest BCUT2D eigenvalue weighted by atomic mass is 127. The zero-order chi connectivity index (χ0) is 15.0. The lowest BCUT2D eigenvalue weighted by Gasteiger charge is -2.13. The van der Waals surface area contributed by atoms with E-state index in [0.29, 0.717) is 9.67 Å². The molecule has 0 heterocycles. The largest absolute Gasteiger partial charge is 0.491 e. The normalized spacial score (nSPS) is 13.3. The van der Waals surface area contributed by atoms with Gasteiger partial charge in [0.25, 0.3) is 0 Å². The monoisotopic (exact) mass is 390 g/mol. The average Bonchev–Trinajstić information content (AvgIpc) is 2.50. The highest BCUT2D eigenvalue weighted by molar-refractivity contribution is 14.1. The Labute approximate surface area is 132 Å². The number of hydrogen-bond donors (Lipinski definition) is 1. The zero-order valence-electron chi connectivity index (χ0n) is 11.4. The zero-order valence-corrected chi connectivity index (χ0v) is 13.6. The Bertz CT molecular complexity index is 430. The van der Waals surface area contributed by atoms with Crippen LogP contribution in [0.3, 0.4) is 0 Å². The predicted octanol–water partition coefficient (Wildman–Crippen LogP) is 3.04. The van der Waals surface area contributed by atoms with Gasteiger partial charge < -0.3 is 14.6 Å². The fourth-order valence-electron chi connectivity index (χ4n) is 1.49. The van der Waals surface area contributed by atoms with Crippen LogP contribution in [0, 0.1) is 0 Å². The minimum atomic E-state index is -0.855. The third kappa shape index (κ3) is 5.92. The minimum Gasteiger partial charge on any atom is -0.491 e. The molecule has 5 heteroatoms. The number of alkyl halides is 1. The molecule has 1 N–H and O–H groups in total. The lowest BCUT2D eigenvalue weighted by Crippen LogP contribution is -2.24. The van der Waals surface area contributed by atoms with Gasteiger partial charge in [-0.05, 0) is 24.1 Å². The van der Waals surface area contributed by atoms with Crippen LogP contribution in [0.15, 0.2) is 36.9 Å². The fourth-order valence-corrected chi connectivity index (χ4v) is 1.90. The first-order valence-corrected chi connectivity index (χ1v) is 7.65. The Balaban J connectivity index is 2.37. The number of benzene rings is 1. The van der Waals surface area contributed by atoms with Crippen LogP contribution < -0.4 is 4.74 Å². The van der Waals surface area contributed by atoms with E-state index in [0.717, 1.165) is 12.5 Å². The molecule has 0 aromatic heterocycles. The molecular formula is C15H19IO4. The minimum absolute atomic E-state index is 0.0746. The van der Waals surface area contributed by atoms with Gasteiger partial charge in [0.2, 0.25) is 0 Å². The van der Waals surface area contributed by atoms with Crippen LogP contribution >= 0.6 is 22.6 Å². The van der Waals surface area contributed by atoms with Crippen LogP contribution in [-0.4, -0.2) is 30.4 Å². The van der Waals surface area contributed by atoms with Crippen molar-refractivity contribution in [3.63, 3.8) is 0 Å². The van der Waals surface area contributed by atoms with Crippen molar-refractivity contribution in [2.75, 3.05) is 13.2 Å². The Hall–Kier alpha value is -1.08. The van der Waals surface area contributed by atoms with E-state index in [1.54, 1.807) is 0 Å². The molecule has 0 aliphatic rings. The van der Waals surface area contributed by atoms with Gasteiger partial charge in [0.1, 0.15) is 25.1 Å². The molecule has 0 radical (unpaired) electrons. The maximum atomic E-state index is 10.8. The van der Waals surface area contributed by atoms with Gasteiger partial charge >= 0.3 is 5.97 Å². The quantitative estimate of drug-likeness (QED) is 0.321. The first-order chi connectivity index (χ1) is 9.56. The van der Waals surface area contributed by atoms with Gasteiger partial charge in [0.05, 0.1) is 0 Å². The Kier molecular flexibility index (Phi) is 7.61. The number of carbonyl (C=O) groups is 1. The summed E-state index contributed by atoms with van der Waals surface area (Å²) in [6, 6.07) is 7.78. The van der Waals surface area contributed by atoms with E-state index in [2.05, 4.69) is 36.1 Å². The smallest absolute Gasteiger partial charge is 0.330 e. The van der Waals surface area contributed by atoms with Crippen LogP contribution in [0.1, 0.15) is 22.8 Å². The molecule has 110 valence electrons. The van der Waals surface area contributed by atoms with Gasteiger partial charge in [-0.25, -0.2) is 4.79 Å². The van der Waals surface area contributed by atoms with Crippen molar-refractivity contribution >= 4 is 28.6 Å². The predicted molar refractivity (Wildman–Crippen MR) is 86.2 cm³/mol. The first kappa shape index (κ1) is 17.0. The van der Waals surface area contributed by atoms with Crippen molar-refractivity contribution < 1.29 is 19.4 Å². The maximum Gasteiger partial charge on any atom is 0.330 e. The first-order valence-electron chi connectivity index (χ1n) is 6.40. The molecule has 0 bridgehead atoms. The summed E-state index contributed by atoms with van der Waals surface area (Å²) in [4.78, 5) is 10.8. The van der Waals surface area contributed by atoms with Gasteiger partial charge in [0.15, 0.2) is 0 Å². The second kappa shape index (κ2) is 8.97. The van der Waals surface area contributed by atoms with Gasteiger partial charge in [-0.2, -0.15) is 0 Å². The van der Waals surface area contributed by atoms with Gasteiger partial charge in [-0.3, -0.25) is 0 Å². The highest BCUT2D eigenvalue weighted by Gasteiger charge is 2.09. The summed E-state index contributed by atoms with van der Waals surface area (Å²) in [5.74, 6) is 0.128. The molecule has 0 saturated heterocycles. The Morgan fingerprint density at radius 1 is 1.40 bits per heavy atom. The molecule has 4 nitrogen and oxygen atoms in total. The third-order valence-electron chi connectivity index (χ3n) is 2.63. The van der Waals surface area contributed by atoms with E-state index in [1.807, 2.05) is 24.3 Å². The molecule has 0 aliphatic carbocycles. The lowest BCUT2D eigenvalue weighted by atomic mass is 10.1. The van der Waals surface area contributed by atoms with Crippen molar-refractivity contribution in [3.05, 3.63) is 42.5 Å². The molecule has 2 atom stereocenters. The summed E-state index contributed by atoms with van der Waals surface area (Å²) in [5.41, 5.74) is 1.25. The van der Waals surface area contributed by atoms with Crippen LogP contribution in [0.4, 0.5) is 0 Å². The number of aliphatic hydroxyl groups excluding tert-OH is 1. The van der Waals surface area contributed by atoms with Crippen LogP contribution in [0.25, 0.3) is 0 Å². The summed E-state index contributed by atoms with van der Waals surface area (Å²) in [7, 11) is 0. The van der Waals surface area contributed by atoms with Crippen molar-refractivity contribution in [2.24, 2.45) is 0 Å². The lowest BCUT2D eigenvalue weighted by molar-refractivity contribution is -0.141. The van der Waals surface area contributed by atoms with Crippen molar-refractivity contribution in [1.82, 2.24) is 0 Å². The summed E-state index contributed by atoms with van der Waals surface area (Å²) in [5, 5.41) is 9.60. The Morgan fingerprint density at radius 2 is 2.05 bits per heavy atom. The topological polar surface area (TPSA) is 55.8 Å². The number of ether oxygens (including phenoxy) is 2. The van der Waals surface area contributed by atoms with E-state index in [1.165, 1.54) is 5.56 Å². The van der Waals surface area contributed by atoms with Crippen molar-refractivity contribution in [3.8, 4) is 5.75 Å². The van der Waals surface area contributed by atoms with Crippen LogP contribution in [0.5, 0.6) is 5.75 Å². The summed E-state index contributed by atoms with van der Waals surface area (Å²) in [6.45, 7) is 5.39. The molecule has 20 heavy (non-hydrogen) atoms. The molecule has 2 unspecified atom stereocenters. The number of esters is 1. The number of rotatable bonds is 8. The van der Waals surface area contributed by atoms with Crippen LogP contribution in [0.2, 0.25) is 0 Å². The van der Waals surface area contributed by atoms with Gasteiger partial charge in [0, 0.05) is 10.0 Å². The molecule has 1 rings (SSSR count). The molecule has 1 aromatic rings. The van der Waals surface area contributed by atoms with E-state index < -0.39 is 12.1 Å². The molecule has 0 spiro atoms. The molecule has 0 amide bonds. The average molecular weight is 390 g/mol. The van der Waals surface area contributed by atoms with E-state index in [9.17, 15) is 9.90 Å². The van der Waals surface area contributed by atoms with Gasteiger partial charge in [-0.15, -0.1) is 0 Å². The molecule has 0 saturated carbocycles. The Morgan fingerprint density at radius 3 is 2.60 bits per heavy atom. The SMILES string of the molecule is C=CC(=O)OCC(O)COc1ccc(C(I)CC)cc1. The van der Waals surface area contributed by atoms with Crippen molar-refractivity contribution in [1.29, 1.82) is 0 Å². The summed E-state index contributed by atoms with van der Waals surface area (Å²) < 4.78 is 10.6. The maximum absolute atomic E-state index is 10.8. The molecule has 1 aromatic carbocycles. The van der Waals surface area contributed by atoms with Gasteiger partial charge in [-0.1, -0.05) is 48.2 Å². The highest BCUT2D eigenvalue weighted by Crippen LogP contribution is 2.27.